The van der Waals surface area contributed by atoms with Crippen LogP contribution in [0.15, 0.2) is 36.5 Å². The van der Waals surface area contributed by atoms with Gasteiger partial charge in [-0.2, -0.15) is 0 Å². The van der Waals surface area contributed by atoms with Gasteiger partial charge < -0.3 is 10.6 Å². The number of nitrogens with one attached hydrogen (secondary N) is 2. The Balaban J connectivity index is 2.12. The number of hydrogen-bond acceptors (Lipinski definition) is 3. The molecule has 0 spiro atoms. The van der Waals surface area contributed by atoms with Gasteiger partial charge in [-0.1, -0.05) is 24.3 Å². The molecule has 0 bridgehead atoms. The lowest BCUT2D eigenvalue weighted by molar-refractivity contribution is 0.0947. The van der Waals surface area contributed by atoms with Crippen LogP contribution >= 0.6 is 0 Å². The van der Waals surface area contributed by atoms with E-state index < -0.39 is 11.7 Å². The molecule has 0 saturated heterocycles. The van der Waals surface area contributed by atoms with Crippen molar-refractivity contribution in [1.29, 1.82) is 0 Å². The Morgan fingerprint density at radius 1 is 1.30 bits per heavy atom. The van der Waals surface area contributed by atoms with Crippen molar-refractivity contribution in [2.24, 2.45) is 0 Å². The first-order chi connectivity index (χ1) is 9.63. The smallest absolute Gasteiger partial charge is 0.254 e. The van der Waals surface area contributed by atoms with Gasteiger partial charge in [0.05, 0.1) is 5.56 Å². The van der Waals surface area contributed by atoms with E-state index in [2.05, 4.69) is 15.6 Å². The molecule has 1 amide bonds. The van der Waals surface area contributed by atoms with Crippen molar-refractivity contribution in [2.75, 3.05) is 12.4 Å². The topological polar surface area (TPSA) is 54.0 Å². The first kappa shape index (κ1) is 14.0. The van der Waals surface area contributed by atoms with Gasteiger partial charge in [-0.3, -0.25) is 4.79 Å². The van der Waals surface area contributed by atoms with E-state index in [1.807, 2.05) is 31.2 Å². The van der Waals surface area contributed by atoms with Crippen molar-refractivity contribution in [3.63, 3.8) is 0 Å². The van der Waals surface area contributed by atoms with Crippen LogP contribution in [0.3, 0.4) is 0 Å². The number of aryl methyl sites for hydroxylation is 1. The van der Waals surface area contributed by atoms with Crippen LogP contribution in [0.2, 0.25) is 0 Å². The molecule has 0 atom stereocenters. The third-order valence-electron chi connectivity index (χ3n) is 3.07. The van der Waals surface area contributed by atoms with Crippen LogP contribution in [-0.2, 0) is 6.54 Å². The summed E-state index contributed by atoms with van der Waals surface area (Å²) in [6, 6.07) is 9.09. The number of amides is 1. The molecule has 4 nitrogen and oxygen atoms in total. The first-order valence-electron chi connectivity index (χ1n) is 6.28. The molecule has 104 valence electrons. The summed E-state index contributed by atoms with van der Waals surface area (Å²) < 4.78 is 13.9. The Hall–Kier alpha value is -2.43. The second-order valence-electron chi connectivity index (χ2n) is 4.38. The Bertz CT molecular complexity index is 628. The van der Waals surface area contributed by atoms with Crippen LogP contribution in [0.5, 0.6) is 0 Å². The molecule has 20 heavy (non-hydrogen) atoms. The molecule has 2 aromatic rings. The van der Waals surface area contributed by atoms with E-state index in [1.165, 1.54) is 12.3 Å². The first-order valence-corrected chi connectivity index (χ1v) is 6.28. The van der Waals surface area contributed by atoms with Crippen molar-refractivity contribution in [1.82, 2.24) is 10.3 Å². The fourth-order valence-corrected chi connectivity index (χ4v) is 1.87. The summed E-state index contributed by atoms with van der Waals surface area (Å²) >= 11 is 0. The number of nitrogens with zero attached hydrogens (tertiary/aromatic N) is 1. The second kappa shape index (κ2) is 6.14. The van der Waals surface area contributed by atoms with Crippen LogP contribution in [0.4, 0.5) is 10.2 Å². The minimum Gasteiger partial charge on any atom is -0.371 e. The van der Waals surface area contributed by atoms with Gasteiger partial charge in [0, 0.05) is 19.8 Å². The molecule has 1 aromatic heterocycles. The molecule has 0 fully saturated rings. The number of rotatable bonds is 4. The van der Waals surface area contributed by atoms with Gasteiger partial charge in [0.1, 0.15) is 0 Å². The van der Waals surface area contributed by atoms with Gasteiger partial charge >= 0.3 is 0 Å². The largest absolute Gasteiger partial charge is 0.371 e. The molecule has 2 rings (SSSR count). The predicted molar refractivity (Wildman–Crippen MR) is 76.1 cm³/mol. The Labute approximate surface area is 117 Å². The summed E-state index contributed by atoms with van der Waals surface area (Å²) in [4.78, 5) is 15.8. The van der Waals surface area contributed by atoms with E-state index >= 15 is 0 Å². The van der Waals surface area contributed by atoms with Crippen molar-refractivity contribution < 1.29 is 9.18 Å². The lowest BCUT2D eigenvalue weighted by atomic mass is 10.1. The molecule has 2 N–H and O–H groups in total. The normalized spacial score (nSPS) is 10.2. The number of benzene rings is 1. The second-order valence-corrected chi connectivity index (χ2v) is 4.38. The highest BCUT2D eigenvalue weighted by Gasteiger charge is 2.15. The van der Waals surface area contributed by atoms with Crippen LogP contribution < -0.4 is 10.6 Å². The maximum atomic E-state index is 13.9. The number of pyridine rings is 1. The summed E-state index contributed by atoms with van der Waals surface area (Å²) in [5, 5.41) is 5.32. The molecule has 5 heteroatoms. The lowest BCUT2D eigenvalue weighted by Crippen LogP contribution is -2.24. The zero-order valence-corrected chi connectivity index (χ0v) is 11.4. The zero-order chi connectivity index (χ0) is 14.5. The average molecular weight is 273 g/mol. The summed E-state index contributed by atoms with van der Waals surface area (Å²) in [5.74, 6) is -1.03. The minimum absolute atomic E-state index is 0.0158. The number of carbonyl (C=O) groups excluding carboxylic acids is 1. The van der Waals surface area contributed by atoms with E-state index in [9.17, 15) is 9.18 Å². The minimum atomic E-state index is -0.641. The molecule has 0 saturated carbocycles. The van der Waals surface area contributed by atoms with Gasteiger partial charge in [0.2, 0.25) is 0 Å². The number of aromatic nitrogens is 1. The van der Waals surface area contributed by atoms with E-state index in [0.29, 0.717) is 6.54 Å². The van der Waals surface area contributed by atoms with Crippen molar-refractivity contribution in [3.8, 4) is 0 Å². The lowest BCUT2D eigenvalue weighted by Gasteiger charge is -2.09. The van der Waals surface area contributed by atoms with E-state index in [-0.39, 0.29) is 11.4 Å². The fraction of sp³-hybridized carbons (Fsp3) is 0.200. The average Bonchev–Trinajstić information content (AvgIpc) is 2.46. The molecule has 1 heterocycles. The SMILES string of the molecule is CNc1nccc(C(=O)NCc2ccccc2C)c1F. The highest BCUT2D eigenvalue weighted by atomic mass is 19.1. The zero-order valence-electron chi connectivity index (χ0n) is 11.4. The monoisotopic (exact) mass is 273 g/mol. The maximum Gasteiger partial charge on any atom is 0.254 e. The molecular weight excluding hydrogens is 257 g/mol. The molecule has 0 aliphatic carbocycles. The molecule has 1 aromatic carbocycles. The van der Waals surface area contributed by atoms with Crippen LogP contribution in [0.25, 0.3) is 0 Å². The Morgan fingerprint density at radius 2 is 2.05 bits per heavy atom. The molecule has 0 unspecified atom stereocenters. The van der Waals surface area contributed by atoms with Crippen molar-refractivity contribution in [3.05, 3.63) is 59.0 Å². The van der Waals surface area contributed by atoms with Gasteiger partial charge in [0.25, 0.3) is 5.91 Å². The molecule has 0 aliphatic heterocycles. The quantitative estimate of drug-likeness (QED) is 0.900. The summed E-state index contributed by atoms with van der Waals surface area (Å²) in [7, 11) is 1.56. The Kier molecular flexibility index (Phi) is 4.30. The van der Waals surface area contributed by atoms with Gasteiger partial charge in [-0.15, -0.1) is 0 Å². The Morgan fingerprint density at radius 3 is 2.75 bits per heavy atom. The van der Waals surface area contributed by atoms with Crippen LogP contribution in [-0.4, -0.2) is 17.9 Å². The van der Waals surface area contributed by atoms with Gasteiger partial charge in [0.15, 0.2) is 11.6 Å². The van der Waals surface area contributed by atoms with Crippen molar-refractivity contribution >= 4 is 11.7 Å². The molecule has 0 radical (unpaired) electrons. The number of anilines is 1. The number of halogens is 1. The van der Waals surface area contributed by atoms with E-state index in [4.69, 9.17) is 0 Å². The molecular formula is C15H16FN3O. The molecule has 0 aliphatic rings. The van der Waals surface area contributed by atoms with E-state index in [1.54, 1.807) is 7.05 Å². The third-order valence-corrected chi connectivity index (χ3v) is 3.07. The van der Waals surface area contributed by atoms with E-state index in [0.717, 1.165) is 11.1 Å². The fourth-order valence-electron chi connectivity index (χ4n) is 1.87. The highest BCUT2D eigenvalue weighted by molar-refractivity contribution is 5.95. The maximum absolute atomic E-state index is 13.9. The standard InChI is InChI=1S/C15H16FN3O/c1-10-5-3-4-6-11(10)9-19-15(20)12-7-8-18-14(17-2)13(12)16/h3-8H,9H2,1-2H3,(H,17,18)(H,19,20). The summed E-state index contributed by atoms with van der Waals surface area (Å²) in [6.07, 6.45) is 1.40. The van der Waals surface area contributed by atoms with Gasteiger partial charge in [-0.05, 0) is 24.1 Å². The van der Waals surface area contributed by atoms with Crippen LogP contribution in [0, 0.1) is 12.7 Å². The number of carbonyl (C=O) groups is 1. The van der Waals surface area contributed by atoms with Crippen LogP contribution in [0.1, 0.15) is 21.5 Å². The third kappa shape index (κ3) is 2.93. The number of hydrogen-bond donors (Lipinski definition) is 2. The summed E-state index contributed by atoms with van der Waals surface area (Å²) in [6.45, 7) is 2.33. The van der Waals surface area contributed by atoms with Crippen molar-refractivity contribution in [2.45, 2.75) is 13.5 Å². The highest BCUT2D eigenvalue weighted by Crippen LogP contribution is 2.14. The summed E-state index contributed by atoms with van der Waals surface area (Å²) in [5.41, 5.74) is 2.07. The van der Waals surface area contributed by atoms with Gasteiger partial charge in [-0.25, -0.2) is 9.37 Å². The predicted octanol–water partition coefficient (Wildman–Crippen LogP) is 2.50.